The van der Waals surface area contributed by atoms with Gasteiger partial charge in [-0.15, -0.1) is 11.8 Å². The molecule has 0 heterocycles. The molecule has 0 radical (unpaired) electrons. The van der Waals surface area contributed by atoms with E-state index in [0.717, 1.165) is 12.3 Å². The molecule has 1 rings (SSSR count). The number of nitrogens with one attached hydrogen (secondary N) is 1. The Morgan fingerprint density at radius 2 is 2.38 bits per heavy atom. The van der Waals surface area contributed by atoms with Gasteiger partial charge in [0.15, 0.2) is 0 Å². The Labute approximate surface area is 104 Å². The van der Waals surface area contributed by atoms with Crippen molar-refractivity contribution in [2.24, 2.45) is 10.9 Å². The van der Waals surface area contributed by atoms with Crippen molar-refractivity contribution >= 4 is 17.3 Å². The SMILES string of the molecule is CCS/C=N\[C@@H](C)C1=C(CNC)CCC1C. The summed E-state index contributed by atoms with van der Waals surface area (Å²) < 4.78 is 0. The lowest BCUT2D eigenvalue weighted by atomic mass is 9.97. The molecule has 16 heavy (non-hydrogen) atoms. The van der Waals surface area contributed by atoms with Crippen molar-refractivity contribution in [3.05, 3.63) is 11.1 Å². The second-order valence-corrected chi connectivity index (χ2v) is 5.54. The molecule has 2 nitrogen and oxygen atoms in total. The zero-order valence-corrected chi connectivity index (χ0v) is 11.7. The topological polar surface area (TPSA) is 24.4 Å². The maximum absolute atomic E-state index is 4.63. The fourth-order valence-corrected chi connectivity index (χ4v) is 2.86. The number of nitrogens with zero attached hydrogens (tertiary/aromatic N) is 1. The van der Waals surface area contributed by atoms with Crippen LogP contribution < -0.4 is 5.32 Å². The Morgan fingerprint density at radius 1 is 1.62 bits per heavy atom. The van der Waals surface area contributed by atoms with Crippen LogP contribution in [0.4, 0.5) is 0 Å². The largest absolute Gasteiger partial charge is 0.316 e. The Bertz CT molecular complexity index is 271. The van der Waals surface area contributed by atoms with Gasteiger partial charge < -0.3 is 5.32 Å². The van der Waals surface area contributed by atoms with Gasteiger partial charge in [0.1, 0.15) is 0 Å². The number of rotatable bonds is 6. The lowest BCUT2D eigenvalue weighted by molar-refractivity contribution is 0.625. The molecule has 1 aliphatic carbocycles. The van der Waals surface area contributed by atoms with Crippen LogP contribution >= 0.6 is 11.8 Å². The molecule has 0 aromatic carbocycles. The maximum atomic E-state index is 4.63. The second kappa shape index (κ2) is 7.13. The van der Waals surface area contributed by atoms with Crippen LogP contribution in [0, 0.1) is 5.92 Å². The van der Waals surface area contributed by atoms with Crippen LogP contribution in [0.2, 0.25) is 0 Å². The van der Waals surface area contributed by atoms with E-state index < -0.39 is 0 Å². The zero-order valence-electron chi connectivity index (χ0n) is 10.9. The van der Waals surface area contributed by atoms with Gasteiger partial charge in [0.05, 0.1) is 11.6 Å². The quantitative estimate of drug-likeness (QED) is 0.438. The summed E-state index contributed by atoms with van der Waals surface area (Å²) >= 11 is 1.78. The minimum Gasteiger partial charge on any atom is -0.316 e. The van der Waals surface area contributed by atoms with Gasteiger partial charge >= 0.3 is 0 Å². The van der Waals surface area contributed by atoms with E-state index >= 15 is 0 Å². The van der Waals surface area contributed by atoms with E-state index in [-0.39, 0.29) is 0 Å². The highest BCUT2D eigenvalue weighted by atomic mass is 32.2. The van der Waals surface area contributed by atoms with E-state index in [1.165, 1.54) is 12.8 Å². The van der Waals surface area contributed by atoms with E-state index in [1.54, 1.807) is 22.9 Å². The molecule has 1 unspecified atom stereocenters. The molecule has 0 fully saturated rings. The minimum atomic E-state index is 0.361. The molecule has 0 aliphatic heterocycles. The van der Waals surface area contributed by atoms with E-state index in [4.69, 9.17) is 0 Å². The number of hydrogen-bond acceptors (Lipinski definition) is 3. The Hall–Kier alpha value is -0.280. The van der Waals surface area contributed by atoms with Gasteiger partial charge in [-0.3, -0.25) is 4.99 Å². The lowest BCUT2D eigenvalue weighted by Crippen LogP contribution is -2.15. The molecule has 3 heteroatoms. The van der Waals surface area contributed by atoms with Crippen LogP contribution in [0.1, 0.15) is 33.6 Å². The Kier molecular flexibility index (Phi) is 6.14. The van der Waals surface area contributed by atoms with Crippen molar-refractivity contribution in [1.82, 2.24) is 5.32 Å². The summed E-state index contributed by atoms with van der Waals surface area (Å²) in [6.07, 6.45) is 2.55. The molecular formula is C13H24N2S. The summed E-state index contributed by atoms with van der Waals surface area (Å²) in [5.41, 5.74) is 5.17. The zero-order chi connectivity index (χ0) is 12.0. The normalized spacial score (nSPS) is 23.4. The first kappa shape index (κ1) is 13.8. The standard InChI is InChI=1S/C13H24N2S/c1-5-16-9-15-11(3)13-10(2)6-7-12(13)8-14-4/h9-11,14H,5-8H2,1-4H3/b15-9-/t10?,11-/m0/s1. The van der Waals surface area contributed by atoms with Crippen LogP contribution in [-0.4, -0.2) is 30.9 Å². The highest BCUT2D eigenvalue weighted by molar-refractivity contribution is 8.12. The van der Waals surface area contributed by atoms with Crippen molar-refractivity contribution < 1.29 is 0 Å². The molecule has 0 bridgehead atoms. The number of thioether (sulfide) groups is 1. The molecule has 0 aromatic heterocycles. The number of aliphatic imine (C=N–C) groups is 1. The van der Waals surface area contributed by atoms with Gasteiger partial charge in [0.25, 0.3) is 0 Å². The smallest absolute Gasteiger partial charge is 0.0692 e. The molecular weight excluding hydrogens is 216 g/mol. The van der Waals surface area contributed by atoms with Gasteiger partial charge in [0, 0.05) is 6.54 Å². The third kappa shape index (κ3) is 3.63. The number of likely N-dealkylation sites (N-methyl/N-ethyl adjacent to an activating group) is 1. The second-order valence-electron chi connectivity index (χ2n) is 4.41. The maximum Gasteiger partial charge on any atom is 0.0692 e. The predicted molar refractivity (Wildman–Crippen MR) is 75.4 cm³/mol. The van der Waals surface area contributed by atoms with E-state index in [0.29, 0.717) is 12.0 Å². The molecule has 2 atom stereocenters. The van der Waals surface area contributed by atoms with Gasteiger partial charge in [-0.05, 0) is 44.1 Å². The molecule has 92 valence electrons. The highest BCUT2D eigenvalue weighted by Gasteiger charge is 2.24. The average molecular weight is 240 g/mol. The fourth-order valence-electron chi connectivity index (χ4n) is 2.44. The summed E-state index contributed by atoms with van der Waals surface area (Å²) in [6, 6.07) is 0.361. The molecule has 0 aromatic rings. The lowest BCUT2D eigenvalue weighted by Gasteiger charge is -2.16. The van der Waals surface area contributed by atoms with Crippen LogP contribution in [-0.2, 0) is 0 Å². The molecule has 1 N–H and O–H groups in total. The molecule has 1 aliphatic rings. The summed E-state index contributed by atoms with van der Waals surface area (Å²) in [5.74, 6) is 1.82. The van der Waals surface area contributed by atoms with E-state index in [2.05, 4.69) is 31.1 Å². The highest BCUT2D eigenvalue weighted by Crippen LogP contribution is 2.34. The first-order chi connectivity index (χ1) is 7.70. The fraction of sp³-hybridized carbons (Fsp3) is 0.769. The van der Waals surface area contributed by atoms with Crippen molar-refractivity contribution in [3.63, 3.8) is 0 Å². The average Bonchev–Trinajstić information content (AvgIpc) is 2.61. The van der Waals surface area contributed by atoms with Crippen molar-refractivity contribution in [2.45, 2.75) is 39.7 Å². The van der Waals surface area contributed by atoms with Gasteiger partial charge in [-0.25, -0.2) is 0 Å². The van der Waals surface area contributed by atoms with Gasteiger partial charge in [-0.1, -0.05) is 19.4 Å². The van der Waals surface area contributed by atoms with E-state index in [1.807, 2.05) is 12.6 Å². The van der Waals surface area contributed by atoms with Crippen molar-refractivity contribution in [1.29, 1.82) is 0 Å². The molecule has 0 saturated heterocycles. The van der Waals surface area contributed by atoms with Crippen LogP contribution in [0.3, 0.4) is 0 Å². The first-order valence-corrected chi connectivity index (χ1v) is 7.25. The van der Waals surface area contributed by atoms with Crippen molar-refractivity contribution in [2.75, 3.05) is 19.3 Å². The van der Waals surface area contributed by atoms with Gasteiger partial charge in [-0.2, -0.15) is 0 Å². The molecule has 0 amide bonds. The Morgan fingerprint density at radius 3 is 3.00 bits per heavy atom. The molecule has 0 spiro atoms. The van der Waals surface area contributed by atoms with Crippen LogP contribution in [0.25, 0.3) is 0 Å². The predicted octanol–water partition coefficient (Wildman–Crippen LogP) is 3.10. The van der Waals surface area contributed by atoms with E-state index in [9.17, 15) is 0 Å². The summed E-state index contributed by atoms with van der Waals surface area (Å²) in [4.78, 5) is 4.63. The first-order valence-electron chi connectivity index (χ1n) is 6.20. The van der Waals surface area contributed by atoms with Crippen LogP contribution in [0.5, 0.6) is 0 Å². The van der Waals surface area contributed by atoms with Crippen LogP contribution in [0.15, 0.2) is 16.1 Å². The third-order valence-corrected chi connectivity index (χ3v) is 3.79. The summed E-state index contributed by atoms with van der Waals surface area (Å²) in [7, 11) is 2.02. The summed E-state index contributed by atoms with van der Waals surface area (Å²) in [6.45, 7) is 7.74. The molecule has 0 saturated carbocycles. The number of hydrogen-bond donors (Lipinski definition) is 1. The Balaban J connectivity index is 2.69. The monoisotopic (exact) mass is 240 g/mol. The van der Waals surface area contributed by atoms with Gasteiger partial charge in [0.2, 0.25) is 0 Å². The minimum absolute atomic E-state index is 0.361. The van der Waals surface area contributed by atoms with Crippen molar-refractivity contribution in [3.8, 4) is 0 Å². The third-order valence-electron chi connectivity index (χ3n) is 3.18. The summed E-state index contributed by atoms with van der Waals surface area (Å²) in [5, 5.41) is 3.27.